The lowest BCUT2D eigenvalue weighted by Gasteiger charge is -2.10. The van der Waals surface area contributed by atoms with E-state index in [1.165, 1.54) is 0 Å². The molecule has 0 atom stereocenters. The first-order valence-corrected chi connectivity index (χ1v) is 6.40. The van der Waals surface area contributed by atoms with Gasteiger partial charge in [0.05, 0.1) is 14.2 Å². The molecule has 0 unspecified atom stereocenters. The van der Waals surface area contributed by atoms with Gasteiger partial charge in [-0.1, -0.05) is 6.07 Å². The molecule has 2 aromatic rings. The molecule has 4 nitrogen and oxygen atoms in total. The lowest BCUT2D eigenvalue weighted by molar-refractivity contribution is 0.102. The maximum Gasteiger partial charge on any atom is 0.255 e. The monoisotopic (exact) mass is 289 g/mol. The number of anilines is 1. The number of carbonyl (C=O) groups is 1. The Bertz CT molecular complexity index is 606. The molecule has 0 radical (unpaired) electrons. The number of carbonyl (C=O) groups excluding carboxylic acids is 1. The van der Waals surface area contributed by atoms with Crippen LogP contribution in [0, 0.1) is 0 Å². The fraction of sp³-hybridized carbons (Fsp3) is 0.133. The van der Waals surface area contributed by atoms with E-state index in [0.29, 0.717) is 22.7 Å². The molecule has 2 aromatic carbocycles. The number of methoxy groups -OCH3 is 2. The van der Waals surface area contributed by atoms with Gasteiger partial charge in [-0.2, -0.15) is 0 Å². The zero-order valence-electron chi connectivity index (χ0n) is 11.2. The van der Waals surface area contributed by atoms with Crippen molar-refractivity contribution in [2.45, 2.75) is 4.90 Å². The largest absolute Gasteiger partial charge is 0.497 e. The number of hydrogen-bond donors (Lipinski definition) is 2. The summed E-state index contributed by atoms with van der Waals surface area (Å²) in [5.74, 6) is 1.02. The van der Waals surface area contributed by atoms with Gasteiger partial charge in [-0.25, -0.2) is 0 Å². The predicted molar refractivity (Wildman–Crippen MR) is 81.2 cm³/mol. The Kier molecular flexibility index (Phi) is 4.53. The van der Waals surface area contributed by atoms with Gasteiger partial charge in [-0.3, -0.25) is 4.79 Å². The fourth-order valence-electron chi connectivity index (χ4n) is 1.73. The van der Waals surface area contributed by atoms with Crippen LogP contribution < -0.4 is 14.8 Å². The maximum absolute atomic E-state index is 12.1. The van der Waals surface area contributed by atoms with Crippen LogP contribution >= 0.6 is 12.6 Å². The molecular weight excluding hydrogens is 274 g/mol. The summed E-state index contributed by atoms with van der Waals surface area (Å²) in [5, 5.41) is 2.80. The number of hydrogen-bond acceptors (Lipinski definition) is 4. The highest BCUT2D eigenvalue weighted by atomic mass is 32.1. The Morgan fingerprint density at radius 1 is 1.05 bits per heavy atom. The summed E-state index contributed by atoms with van der Waals surface area (Å²) in [5.41, 5.74) is 1.15. The van der Waals surface area contributed by atoms with E-state index < -0.39 is 0 Å². The molecule has 0 bridgehead atoms. The Morgan fingerprint density at radius 3 is 2.25 bits per heavy atom. The minimum Gasteiger partial charge on any atom is -0.497 e. The summed E-state index contributed by atoms with van der Waals surface area (Å²) in [6.07, 6.45) is 0. The first-order chi connectivity index (χ1) is 9.62. The van der Waals surface area contributed by atoms with Crippen molar-refractivity contribution in [2.24, 2.45) is 0 Å². The zero-order chi connectivity index (χ0) is 14.5. The Balaban J connectivity index is 2.23. The van der Waals surface area contributed by atoms with Gasteiger partial charge in [0.2, 0.25) is 0 Å². The summed E-state index contributed by atoms with van der Waals surface area (Å²) in [6, 6.07) is 12.2. The SMILES string of the molecule is COc1cc(NC(=O)c2cccc(S)c2)cc(OC)c1. The minimum absolute atomic E-state index is 0.212. The predicted octanol–water partition coefficient (Wildman–Crippen LogP) is 3.24. The van der Waals surface area contributed by atoms with Crippen LogP contribution in [0.15, 0.2) is 47.4 Å². The van der Waals surface area contributed by atoms with E-state index >= 15 is 0 Å². The van der Waals surface area contributed by atoms with Crippen LogP contribution in [0.3, 0.4) is 0 Å². The Hall–Kier alpha value is -2.14. The molecule has 2 rings (SSSR count). The normalized spacial score (nSPS) is 9.95. The lowest BCUT2D eigenvalue weighted by Crippen LogP contribution is -2.12. The second kappa shape index (κ2) is 6.34. The van der Waals surface area contributed by atoms with E-state index in [-0.39, 0.29) is 5.91 Å². The summed E-state index contributed by atoms with van der Waals surface area (Å²) < 4.78 is 10.3. The van der Waals surface area contributed by atoms with E-state index in [4.69, 9.17) is 9.47 Å². The molecule has 5 heteroatoms. The van der Waals surface area contributed by atoms with E-state index in [0.717, 1.165) is 4.90 Å². The van der Waals surface area contributed by atoms with E-state index in [1.54, 1.807) is 50.6 Å². The molecule has 0 fully saturated rings. The quantitative estimate of drug-likeness (QED) is 0.849. The molecule has 0 aliphatic rings. The van der Waals surface area contributed by atoms with Crippen LogP contribution in [-0.2, 0) is 0 Å². The number of benzene rings is 2. The van der Waals surface area contributed by atoms with Crippen LogP contribution in [-0.4, -0.2) is 20.1 Å². The van der Waals surface area contributed by atoms with Gasteiger partial charge in [0, 0.05) is 34.3 Å². The molecule has 20 heavy (non-hydrogen) atoms. The fourth-order valence-corrected chi connectivity index (χ4v) is 1.96. The van der Waals surface area contributed by atoms with Gasteiger partial charge in [0.15, 0.2) is 0 Å². The standard InChI is InChI=1S/C15H15NO3S/c1-18-12-7-11(8-13(9-12)19-2)16-15(17)10-4-3-5-14(20)6-10/h3-9,20H,1-2H3,(H,16,17). The van der Waals surface area contributed by atoms with Gasteiger partial charge in [0.1, 0.15) is 11.5 Å². The van der Waals surface area contributed by atoms with Gasteiger partial charge in [0.25, 0.3) is 5.91 Å². The molecule has 0 aliphatic heterocycles. The highest BCUT2D eigenvalue weighted by Gasteiger charge is 2.08. The number of thiol groups is 1. The van der Waals surface area contributed by atoms with Crippen molar-refractivity contribution in [3.05, 3.63) is 48.0 Å². The molecule has 0 spiro atoms. The molecule has 104 valence electrons. The smallest absolute Gasteiger partial charge is 0.255 e. The number of ether oxygens (including phenoxy) is 2. The topological polar surface area (TPSA) is 47.6 Å². The average Bonchev–Trinajstić information content (AvgIpc) is 2.46. The Labute approximate surface area is 123 Å². The molecule has 0 saturated carbocycles. The van der Waals surface area contributed by atoms with Gasteiger partial charge in [-0.15, -0.1) is 12.6 Å². The van der Waals surface area contributed by atoms with Crippen molar-refractivity contribution in [3.8, 4) is 11.5 Å². The van der Waals surface area contributed by atoms with Crippen molar-refractivity contribution in [3.63, 3.8) is 0 Å². The van der Waals surface area contributed by atoms with Crippen molar-refractivity contribution in [1.29, 1.82) is 0 Å². The van der Waals surface area contributed by atoms with Crippen LogP contribution in [0.25, 0.3) is 0 Å². The third-order valence-corrected chi connectivity index (χ3v) is 3.00. The van der Waals surface area contributed by atoms with Crippen LogP contribution in [0.1, 0.15) is 10.4 Å². The molecule has 0 saturated heterocycles. The minimum atomic E-state index is -0.212. The molecule has 1 amide bonds. The molecular formula is C15H15NO3S. The Morgan fingerprint density at radius 2 is 1.70 bits per heavy atom. The zero-order valence-corrected chi connectivity index (χ0v) is 12.1. The van der Waals surface area contributed by atoms with Gasteiger partial charge >= 0.3 is 0 Å². The van der Waals surface area contributed by atoms with E-state index in [2.05, 4.69) is 17.9 Å². The summed E-state index contributed by atoms with van der Waals surface area (Å²) in [7, 11) is 3.12. The van der Waals surface area contributed by atoms with Crippen molar-refractivity contribution in [1.82, 2.24) is 0 Å². The third kappa shape index (κ3) is 3.45. The van der Waals surface area contributed by atoms with Gasteiger partial charge < -0.3 is 14.8 Å². The van der Waals surface area contributed by atoms with Crippen molar-refractivity contribution in [2.75, 3.05) is 19.5 Å². The number of rotatable bonds is 4. The molecule has 0 aliphatic carbocycles. The summed E-state index contributed by atoms with van der Waals surface area (Å²) in [4.78, 5) is 12.9. The summed E-state index contributed by atoms with van der Waals surface area (Å²) in [6.45, 7) is 0. The molecule has 1 N–H and O–H groups in total. The highest BCUT2D eigenvalue weighted by Crippen LogP contribution is 2.26. The van der Waals surface area contributed by atoms with Crippen molar-refractivity contribution < 1.29 is 14.3 Å². The number of nitrogens with one attached hydrogen (secondary N) is 1. The number of amides is 1. The maximum atomic E-state index is 12.1. The second-order valence-electron chi connectivity index (χ2n) is 4.11. The first kappa shape index (κ1) is 14.3. The van der Waals surface area contributed by atoms with Gasteiger partial charge in [-0.05, 0) is 18.2 Å². The molecule has 0 aromatic heterocycles. The van der Waals surface area contributed by atoms with E-state index in [9.17, 15) is 4.79 Å². The lowest BCUT2D eigenvalue weighted by atomic mass is 10.2. The van der Waals surface area contributed by atoms with Crippen LogP contribution in [0.5, 0.6) is 11.5 Å². The van der Waals surface area contributed by atoms with Crippen molar-refractivity contribution >= 4 is 24.2 Å². The third-order valence-electron chi connectivity index (χ3n) is 2.72. The van der Waals surface area contributed by atoms with Crippen LogP contribution in [0.4, 0.5) is 5.69 Å². The van der Waals surface area contributed by atoms with E-state index in [1.807, 2.05) is 6.07 Å². The average molecular weight is 289 g/mol. The highest BCUT2D eigenvalue weighted by molar-refractivity contribution is 7.80. The molecule has 0 heterocycles. The van der Waals surface area contributed by atoms with Crippen LogP contribution in [0.2, 0.25) is 0 Å². The summed E-state index contributed by atoms with van der Waals surface area (Å²) >= 11 is 4.22. The second-order valence-corrected chi connectivity index (χ2v) is 4.62. The first-order valence-electron chi connectivity index (χ1n) is 5.96.